The summed E-state index contributed by atoms with van der Waals surface area (Å²) in [5.41, 5.74) is 0.949. The first-order chi connectivity index (χ1) is 8.22. The summed E-state index contributed by atoms with van der Waals surface area (Å²) < 4.78 is 10.5. The average molecular weight is 240 g/mol. The number of ether oxygens (including phenoxy) is 2. The predicted molar refractivity (Wildman–Crippen MR) is 59.0 cm³/mol. The van der Waals surface area contributed by atoms with Gasteiger partial charge in [0.1, 0.15) is 18.3 Å². The summed E-state index contributed by atoms with van der Waals surface area (Å²) in [6.07, 6.45) is -3.93. The minimum absolute atomic E-state index is 0.285. The molecule has 0 saturated carbocycles. The van der Waals surface area contributed by atoms with Crippen molar-refractivity contribution >= 4 is 0 Å². The van der Waals surface area contributed by atoms with E-state index in [1.165, 1.54) is 0 Å². The second-order valence-corrected chi connectivity index (χ2v) is 4.00. The summed E-state index contributed by atoms with van der Waals surface area (Å²) in [5.74, 6) is 0. The van der Waals surface area contributed by atoms with E-state index in [2.05, 4.69) is 0 Å². The average Bonchev–Trinajstić information content (AvgIpc) is 2.65. The van der Waals surface area contributed by atoms with E-state index >= 15 is 0 Å². The highest BCUT2D eigenvalue weighted by atomic mass is 16.7. The Labute approximate surface area is 99.2 Å². The zero-order valence-electron chi connectivity index (χ0n) is 9.27. The number of benzene rings is 1. The fraction of sp³-hybridized carbons (Fsp3) is 0.500. The van der Waals surface area contributed by atoms with Crippen LogP contribution in [-0.2, 0) is 16.1 Å². The Morgan fingerprint density at radius 3 is 2.41 bits per heavy atom. The molecule has 1 aromatic carbocycles. The molecule has 1 saturated heterocycles. The van der Waals surface area contributed by atoms with Gasteiger partial charge in [-0.3, -0.25) is 0 Å². The van der Waals surface area contributed by atoms with Gasteiger partial charge < -0.3 is 24.8 Å². The standard InChI is InChI=1S/C12H16O5/c13-6-9-10(14)11(15)12(17-9)16-7-8-4-2-1-3-5-8/h1-5,9-15H,6-7H2/t9-,10-,11+,12+/m1/s1. The van der Waals surface area contributed by atoms with Gasteiger partial charge in [-0.25, -0.2) is 0 Å². The van der Waals surface area contributed by atoms with Gasteiger partial charge in [-0.15, -0.1) is 0 Å². The molecule has 0 radical (unpaired) electrons. The van der Waals surface area contributed by atoms with Crippen molar-refractivity contribution in [1.29, 1.82) is 0 Å². The van der Waals surface area contributed by atoms with Crippen LogP contribution >= 0.6 is 0 Å². The Hall–Kier alpha value is -0.980. The number of hydrogen-bond acceptors (Lipinski definition) is 5. The third kappa shape index (κ3) is 2.83. The van der Waals surface area contributed by atoms with Crippen LogP contribution in [0.4, 0.5) is 0 Å². The Bertz CT molecular complexity index is 342. The third-order valence-electron chi connectivity index (χ3n) is 2.76. The third-order valence-corrected chi connectivity index (χ3v) is 2.76. The number of aliphatic hydroxyl groups excluding tert-OH is 3. The van der Waals surface area contributed by atoms with E-state index in [9.17, 15) is 10.2 Å². The highest BCUT2D eigenvalue weighted by Gasteiger charge is 2.42. The molecule has 2 rings (SSSR count). The molecule has 0 amide bonds. The molecule has 1 heterocycles. The maximum absolute atomic E-state index is 9.63. The molecule has 0 bridgehead atoms. The molecule has 17 heavy (non-hydrogen) atoms. The van der Waals surface area contributed by atoms with Crippen molar-refractivity contribution < 1.29 is 24.8 Å². The Morgan fingerprint density at radius 1 is 1.12 bits per heavy atom. The van der Waals surface area contributed by atoms with E-state index in [1.54, 1.807) is 0 Å². The van der Waals surface area contributed by atoms with Gasteiger partial charge in [-0.2, -0.15) is 0 Å². The minimum atomic E-state index is -1.13. The molecule has 4 atom stereocenters. The van der Waals surface area contributed by atoms with Gasteiger partial charge in [0, 0.05) is 0 Å². The predicted octanol–water partition coefficient (Wildman–Crippen LogP) is -0.358. The van der Waals surface area contributed by atoms with E-state index in [0.29, 0.717) is 0 Å². The number of hydrogen-bond donors (Lipinski definition) is 3. The summed E-state index contributed by atoms with van der Waals surface area (Å²) in [4.78, 5) is 0. The van der Waals surface area contributed by atoms with Crippen molar-refractivity contribution in [1.82, 2.24) is 0 Å². The van der Waals surface area contributed by atoms with Crippen molar-refractivity contribution in [2.45, 2.75) is 31.2 Å². The fourth-order valence-corrected chi connectivity index (χ4v) is 1.76. The quantitative estimate of drug-likeness (QED) is 0.670. The maximum atomic E-state index is 9.63. The molecule has 1 aromatic rings. The van der Waals surface area contributed by atoms with Gasteiger partial charge in [0.25, 0.3) is 0 Å². The first-order valence-electron chi connectivity index (χ1n) is 5.50. The van der Waals surface area contributed by atoms with Crippen molar-refractivity contribution in [3.05, 3.63) is 35.9 Å². The van der Waals surface area contributed by atoms with E-state index in [0.717, 1.165) is 5.56 Å². The van der Waals surface area contributed by atoms with Gasteiger partial charge in [0.2, 0.25) is 0 Å². The van der Waals surface area contributed by atoms with Crippen LogP contribution in [0.3, 0.4) is 0 Å². The lowest BCUT2D eigenvalue weighted by Gasteiger charge is -2.15. The second-order valence-electron chi connectivity index (χ2n) is 4.00. The van der Waals surface area contributed by atoms with Crippen molar-refractivity contribution in [2.75, 3.05) is 6.61 Å². The summed E-state index contributed by atoms with van der Waals surface area (Å²) in [6, 6.07) is 9.45. The molecule has 0 aliphatic carbocycles. The van der Waals surface area contributed by atoms with Gasteiger partial charge in [-0.1, -0.05) is 30.3 Å². The SMILES string of the molecule is OC[C@H]1O[C@H](OCc2ccccc2)[C@@H](O)[C@@H]1O. The molecular weight excluding hydrogens is 224 g/mol. The van der Waals surface area contributed by atoms with E-state index in [4.69, 9.17) is 14.6 Å². The summed E-state index contributed by atoms with van der Waals surface area (Å²) >= 11 is 0. The molecule has 94 valence electrons. The summed E-state index contributed by atoms with van der Waals surface area (Å²) in [6.45, 7) is -0.0587. The normalized spacial score (nSPS) is 32.9. The second kappa shape index (κ2) is 5.57. The molecule has 1 aliphatic heterocycles. The smallest absolute Gasteiger partial charge is 0.187 e. The van der Waals surface area contributed by atoms with Crippen LogP contribution in [0.1, 0.15) is 5.56 Å². The Kier molecular flexibility index (Phi) is 4.09. The topological polar surface area (TPSA) is 79.2 Å². The van der Waals surface area contributed by atoms with E-state index in [1.807, 2.05) is 30.3 Å². The monoisotopic (exact) mass is 240 g/mol. The minimum Gasteiger partial charge on any atom is -0.394 e. The molecule has 0 unspecified atom stereocenters. The van der Waals surface area contributed by atoms with Crippen LogP contribution < -0.4 is 0 Å². The Morgan fingerprint density at radius 2 is 1.82 bits per heavy atom. The highest BCUT2D eigenvalue weighted by molar-refractivity contribution is 5.13. The number of rotatable bonds is 4. The summed E-state index contributed by atoms with van der Waals surface area (Å²) in [5, 5.41) is 28.0. The van der Waals surface area contributed by atoms with Gasteiger partial charge >= 0.3 is 0 Å². The van der Waals surface area contributed by atoms with Crippen molar-refractivity contribution in [2.24, 2.45) is 0 Å². The molecular formula is C12H16O5. The van der Waals surface area contributed by atoms with Crippen LogP contribution in [0, 0.1) is 0 Å². The van der Waals surface area contributed by atoms with Crippen molar-refractivity contribution in [3.8, 4) is 0 Å². The lowest BCUT2D eigenvalue weighted by Crippen LogP contribution is -2.34. The van der Waals surface area contributed by atoms with Gasteiger partial charge in [0.15, 0.2) is 6.29 Å². The van der Waals surface area contributed by atoms with Crippen LogP contribution in [-0.4, -0.2) is 46.5 Å². The molecule has 1 fully saturated rings. The first-order valence-corrected chi connectivity index (χ1v) is 5.50. The molecule has 5 heteroatoms. The molecule has 3 N–H and O–H groups in total. The van der Waals surface area contributed by atoms with Crippen molar-refractivity contribution in [3.63, 3.8) is 0 Å². The van der Waals surface area contributed by atoms with Gasteiger partial charge in [-0.05, 0) is 5.56 Å². The molecule has 5 nitrogen and oxygen atoms in total. The summed E-state index contributed by atoms with van der Waals surface area (Å²) in [7, 11) is 0. The molecule has 0 aromatic heterocycles. The van der Waals surface area contributed by atoms with E-state index < -0.39 is 24.6 Å². The highest BCUT2D eigenvalue weighted by Crippen LogP contribution is 2.22. The maximum Gasteiger partial charge on any atom is 0.187 e. The van der Waals surface area contributed by atoms with Crippen LogP contribution in [0.25, 0.3) is 0 Å². The number of aliphatic hydroxyl groups is 3. The lowest BCUT2D eigenvalue weighted by molar-refractivity contribution is -0.175. The van der Waals surface area contributed by atoms with Crippen LogP contribution in [0.5, 0.6) is 0 Å². The van der Waals surface area contributed by atoms with Gasteiger partial charge in [0.05, 0.1) is 13.2 Å². The largest absolute Gasteiger partial charge is 0.394 e. The fourth-order valence-electron chi connectivity index (χ4n) is 1.76. The van der Waals surface area contributed by atoms with E-state index in [-0.39, 0.29) is 13.2 Å². The molecule has 1 aliphatic rings. The lowest BCUT2D eigenvalue weighted by atomic mass is 10.1. The zero-order chi connectivity index (χ0) is 12.3. The Balaban J connectivity index is 1.88. The first kappa shape index (κ1) is 12.5. The van der Waals surface area contributed by atoms with Crippen LogP contribution in [0.2, 0.25) is 0 Å². The zero-order valence-corrected chi connectivity index (χ0v) is 9.27. The van der Waals surface area contributed by atoms with Crippen LogP contribution in [0.15, 0.2) is 30.3 Å². The molecule has 0 spiro atoms.